The zero-order valence-corrected chi connectivity index (χ0v) is 10.3. The molecular formula is C14H21FN2. The quantitative estimate of drug-likeness (QED) is 0.794. The van der Waals surface area contributed by atoms with Crippen molar-refractivity contribution in [2.45, 2.75) is 45.1 Å². The Morgan fingerprint density at radius 3 is 2.82 bits per heavy atom. The largest absolute Gasteiger partial charge is 0.313 e. The van der Waals surface area contributed by atoms with Gasteiger partial charge in [0, 0.05) is 12.7 Å². The van der Waals surface area contributed by atoms with E-state index in [4.69, 9.17) is 0 Å². The third kappa shape index (κ3) is 4.43. The summed E-state index contributed by atoms with van der Waals surface area (Å²) in [5.74, 6) is 0.651. The van der Waals surface area contributed by atoms with E-state index < -0.39 is 0 Å². The molecule has 1 N–H and O–H groups in total. The molecule has 0 aliphatic heterocycles. The molecule has 0 saturated heterocycles. The number of rotatable bonds is 5. The van der Waals surface area contributed by atoms with E-state index in [2.05, 4.69) is 10.3 Å². The first-order valence-electron chi connectivity index (χ1n) is 6.65. The average Bonchev–Trinajstić information content (AvgIpc) is 2.36. The lowest BCUT2D eigenvalue weighted by molar-refractivity contribution is 0.334. The van der Waals surface area contributed by atoms with E-state index in [1.807, 2.05) is 0 Å². The highest BCUT2D eigenvalue weighted by molar-refractivity contribution is 5.09. The summed E-state index contributed by atoms with van der Waals surface area (Å²) in [6.07, 6.45) is 11.2. The third-order valence-corrected chi connectivity index (χ3v) is 3.54. The van der Waals surface area contributed by atoms with Gasteiger partial charge in [-0.15, -0.1) is 0 Å². The maximum absolute atomic E-state index is 12.9. The first-order valence-corrected chi connectivity index (χ1v) is 6.65. The normalized spacial score (nSPS) is 17.2. The first-order chi connectivity index (χ1) is 8.34. The molecule has 1 aromatic rings. The van der Waals surface area contributed by atoms with E-state index in [-0.39, 0.29) is 5.82 Å². The van der Waals surface area contributed by atoms with Crippen molar-refractivity contribution < 1.29 is 4.39 Å². The smallest absolute Gasteiger partial charge is 0.141 e. The van der Waals surface area contributed by atoms with Crippen LogP contribution in [0.15, 0.2) is 18.5 Å². The molecule has 2 nitrogen and oxygen atoms in total. The van der Waals surface area contributed by atoms with E-state index >= 15 is 0 Å². The maximum Gasteiger partial charge on any atom is 0.141 e. The van der Waals surface area contributed by atoms with Gasteiger partial charge >= 0.3 is 0 Å². The molecule has 1 aliphatic carbocycles. The van der Waals surface area contributed by atoms with E-state index in [0.717, 1.165) is 24.6 Å². The summed E-state index contributed by atoms with van der Waals surface area (Å²) in [7, 11) is 0. The van der Waals surface area contributed by atoms with Gasteiger partial charge in [0.05, 0.1) is 6.20 Å². The first kappa shape index (κ1) is 12.5. The SMILES string of the molecule is Fc1cncc(CNCCC2CCCCC2)c1. The average molecular weight is 236 g/mol. The van der Waals surface area contributed by atoms with Gasteiger partial charge in [-0.3, -0.25) is 4.98 Å². The number of nitrogens with one attached hydrogen (secondary N) is 1. The highest BCUT2D eigenvalue weighted by atomic mass is 19.1. The summed E-state index contributed by atoms with van der Waals surface area (Å²) in [6.45, 7) is 1.75. The highest BCUT2D eigenvalue weighted by Crippen LogP contribution is 2.25. The number of aromatic nitrogens is 1. The lowest BCUT2D eigenvalue weighted by Crippen LogP contribution is -2.19. The Morgan fingerprint density at radius 2 is 2.06 bits per heavy atom. The molecule has 0 radical (unpaired) electrons. The Bertz CT molecular complexity index is 335. The monoisotopic (exact) mass is 236 g/mol. The maximum atomic E-state index is 12.9. The minimum absolute atomic E-state index is 0.253. The van der Waals surface area contributed by atoms with Crippen molar-refractivity contribution in [3.05, 3.63) is 29.8 Å². The molecular weight excluding hydrogens is 215 g/mol. The summed E-state index contributed by atoms with van der Waals surface area (Å²) in [5, 5.41) is 3.37. The molecule has 1 aliphatic rings. The lowest BCUT2D eigenvalue weighted by atomic mass is 9.87. The minimum atomic E-state index is -0.253. The molecule has 1 fully saturated rings. The van der Waals surface area contributed by atoms with Gasteiger partial charge in [-0.25, -0.2) is 4.39 Å². The topological polar surface area (TPSA) is 24.9 Å². The number of hydrogen-bond acceptors (Lipinski definition) is 2. The van der Waals surface area contributed by atoms with Crippen molar-refractivity contribution in [3.63, 3.8) is 0 Å². The van der Waals surface area contributed by atoms with Crippen LogP contribution in [0.2, 0.25) is 0 Å². The Labute approximate surface area is 103 Å². The Morgan fingerprint density at radius 1 is 1.24 bits per heavy atom. The zero-order chi connectivity index (χ0) is 11.9. The molecule has 1 aromatic heterocycles. The van der Waals surface area contributed by atoms with Crippen molar-refractivity contribution in [3.8, 4) is 0 Å². The van der Waals surface area contributed by atoms with Gasteiger partial charge in [0.15, 0.2) is 0 Å². The van der Waals surface area contributed by atoms with Crippen LogP contribution in [0.5, 0.6) is 0 Å². The molecule has 94 valence electrons. The molecule has 0 bridgehead atoms. The number of hydrogen-bond donors (Lipinski definition) is 1. The molecule has 1 heterocycles. The Kier molecular flexibility index (Phi) is 4.92. The van der Waals surface area contributed by atoms with Crippen molar-refractivity contribution in [1.82, 2.24) is 10.3 Å². The van der Waals surface area contributed by atoms with Crippen LogP contribution in [0, 0.1) is 11.7 Å². The second-order valence-corrected chi connectivity index (χ2v) is 4.98. The van der Waals surface area contributed by atoms with Crippen LogP contribution in [0.3, 0.4) is 0 Å². The van der Waals surface area contributed by atoms with Gasteiger partial charge in [0.2, 0.25) is 0 Å². The Hall–Kier alpha value is -0.960. The summed E-state index contributed by atoms with van der Waals surface area (Å²) >= 11 is 0. The predicted octanol–water partition coefficient (Wildman–Crippen LogP) is 3.28. The van der Waals surface area contributed by atoms with E-state index in [1.165, 1.54) is 44.7 Å². The number of nitrogens with zero attached hydrogens (tertiary/aromatic N) is 1. The zero-order valence-electron chi connectivity index (χ0n) is 10.3. The van der Waals surface area contributed by atoms with Crippen molar-refractivity contribution >= 4 is 0 Å². The summed E-state index contributed by atoms with van der Waals surface area (Å²) < 4.78 is 12.9. The summed E-state index contributed by atoms with van der Waals surface area (Å²) in [6, 6.07) is 1.54. The Balaban J connectivity index is 1.62. The second kappa shape index (κ2) is 6.70. The van der Waals surface area contributed by atoms with Gasteiger partial charge in [-0.05, 0) is 30.5 Å². The lowest BCUT2D eigenvalue weighted by Gasteiger charge is -2.21. The number of halogens is 1. The molecule has 3 heteroatoms. The van der Waals surface area contributed by atoms with Crippen LogP contribution >= 0.6 is 0 Å². The van der Waals surface area contributed by atoms with Crippen LogP contribution in [-0.4, -0.2) is 11.5 Å². The van der Waals surface area contributed by atoms with Crippen molar-refractivity contribution in [2.24, 2.45) is 5.92 Å². The fourth-order valence-corrected chi connectivity index (χ4v) is 2.57. The van der Waals surface area contributed by atoms with Crippen LogP contribution in [0.1, 0.15) is 44.1 Å². The molecule has 0 unspecified atom stereocenters. The van der Waals surface area contributed by atoms with Crippen LogP contribution in [-0.2, 0) is 6.54 Å². The molecule has 0 atom stereocenters. The van der Waals surface area contributed by atoms with Crippen molar-refractivity contribution in [1.29, 1.82) is 0 Å². The fraction of sp³-hybridized carbons (Fsp3) is 0.643. The summed E-state index contributed by atoms with van der Waals surface area (Å²) in [4.78, 5) is 3.84. The van der Waals surface area contributed by atoms with E-state index in [1.54, 1.807) is 12.3 Å². The van der Waals surface area contributed by atoms with Crippen molar-refractivity contribution in [2.75, 3.05) is 6.54 Å². The van der Waals surface area contributed by atoms with Gasteiger partial charge in [-0.2, -0.15) is 0 Å². The fourth-order valence-electron chi connectivity index (χ4n) is 2.57. The molecule has 0 amide bonds. The van der Waals surface area contributed by atoms with Crippen LogP contribution < -0.4 is 5.32 Å². The van der Waals surface area contributed by atoms with Crippen LogP contribution in [0.25, 0.3) is 0 Å². The molecule has 1 saturated carbocycles. The summed E-state index contributed by atoms with van der Waals surface area (Å²) in [5.41, 5.74) is 0.925. The molecule has 17 heavy (non-hydrogen) atoms. The standard InChI is InChI=1S/C14H21FN2/c15-14-8-13(10-17-11-14)9-16-7-6-12-4-2-1-3-5-12/h8,10-12,16H,1-7,9H2. The van der Waals surface area contributed by atoms with Gasteiger partial charge < -0.3 is 5.32 Å². The molecule has 0 aromatic carbocycles. The van der Waals surface area contributed by atoms with Gasteiger partial charge in [0.1, 0.15) is 5.82 Å². The van der Waals surface area contributed by atoms with Gasteiger partial charge in [-0.1, -0.05) is 32.1 Å². The number of pyridine rings is 1. The third-order valence-electron chi connectivity index (χ3n) is 3.54. The van der Waals surface area contributed by atoms with E-state index in [0.29, 0.717) is 0 Å². The molecule has 2 rings (SSSR count). The molecule has 0 spiro atoms. The predicted molar refractivity (Wildman–Crippen MR) is 67.1 cm³/mol. The van der Waals surface area contributed by atoms with E-state index in [9.17, 15) is 4.39 Å². The highest BCUT2D eigenvalue weighted by Gasteiger charge is 2.12. The second-order valence-electron chi connectivity index (χ2n) is 4.98. The minimum Gasteiger partial charge on any atom is -0.313 e. The van der Waals surface area contributed by atoms with Crippen LogP contribution in [0.4, 0.5) is 4.39 Å². The van der Waals surface area contributed by atoms with Gasteiger partial charge in [0.25, 0.3) is 0 Å².